The van der Waals surface area contributed by atoms with Crippen LogP contribution in [0.2, 0.25) is 0 Å². The Kier molecular flexibility index (Phi) is 4.85. The van der Waals surface area contributed by atoms with E-state index in [1.807, 2.05) is 6.08 Å². The Bertz CT molecular complexity index is 1600. The molecule has 1 saturated carbocycles. The van der Waals surface area contributed by atoms with Crippen molar-refractivity contribution in [1.82, 2.24) is 13.9 Å². The van der Waals surface area contributed by atoms with Crippen LogP contribution >= 0.6 is 0 Å². The molecule has 6 rings (SSSR count). The third-order valence-electron chi connectivity index (χ3n) is 8.04. The zero-order valence-corrected chi connectivity index (χ0v) is 19.9. The van der Waals surface area contributed by atoms with Crippen LogP contribution in [0.3, 0.4) is 0 Å². The summed E-state index contributed by atoms with van der Waals surface area (Å²) in [5.41, 5.74) is -0.485. The first-order valence-electron chi connectivity index (χ1n) is 11.9. The standard InChI is InChI=1S/C27H25N3O6/c1-15-12-21(32)19-13-20-18(23(27(19,2)24(15)33)22-9-8-17(14-31)36-22)10-11-28-25(34)29(26(35)30(20)28)16-6-4-3-5-7-16/h3-10,12,19-20,23,31H,11,13-14H2,1-2H3/t19-,20+,23+,27+/m0/s1. The van der Waals surface area contributed by atoms with Crippen molar-refractivity contribution in [2.24, 2.45) is 11.3 Å². The Morgan fingerprint density at radius 3 is 2.50 bits per heavy atom. The van der Waals surface area contributed by atoms with Crippen LogP contribution in [0.5, 0.6) is 0 Å². The summed E-state index contributed by atoms with van der Waals surface area (Å²) in [5.74, 6) is -0.882. The molecule has 2 aromatic heterocycles. The minimum atomic E-state index is -1.13. The summed E-state index contributed by atoms with van der Waals surface area (Å²) < 4.78 is 9.89. The van der Waals surface area contributed by atoms with Crippen LogP contribution in [0, 0.1) is 11.3 Å². The van der Waals surface area contributed by atoms with E-state index in [9.17, 15) is 24.3 Å². The van der Waals surface area contributed by atoms with Crippen molar-refractivity contribution in [3.8, 4) is 5.69 Å². The predicted octanol–water partition coefficient (Wildman–Crippen LogP) is 2.28. The summed E-state index contributed by atoms with van der Waals surface area (Å²) in [6.45, 7) is 3.27. The molecule has 0 unspecified atom stereocenters. The number of hydrogen-bond donors (Lipinski definition) is 1. The van der Waals surface area contributed by atoms with Crippen LogP contribution in [0.15, 0.2) is 79.8 Å². The zero-order chi connectivity index (χ0) is 25.4. The third-order valence-corrected chi connectivity index (χ3v) is 8.04. The van der Waals surface area contributed by atoms with Gasteiger partial charge in [-0.15, -0.1) is 0 Å². The lowest BCUT2D eigenvalue weighted by atomic mass is 9.51. The minimum Gasteiger partial charge on any atom is -0.463 e. The number of benzene rings is 1. The Morgan fingerprint density at radius 2 is 1.81 bits per heavy atom. The Hall–Kier alpha value is -3.98. The number of nitrogens with zero attached hydrogens (tertiary/aromatic N) is 3. The van der Waals surface area contributed by atoms with Gasteiger partial charge < -0.3 is 9.52 Å². The summed E-state index contributed by atoms with van der Waals surface area (Å²) in [6.07, 6.45) is 3.47. The monoisotopic (exact) mass is 487 g/mol. The molecule has 184 valence electrons. The van der Waals surface area contributed by atoms with E-state index in [-0.39, 0.29) is 31.1 Å². The normalized spacial score (nSPS) is 27.1. The quantitative estimate of drug-likeness (QED) is 0.567. The topological polar surface area (TPSA) is 116 Å². The van der Waals surface area contributed by atoms with Crippen molar-refractivity contribution in [3.63, 3.8) is 0 Å². The highest BCUT2D eigenvalue weighted by molar-refractivity contribution is 6.13. The number of fused-ring (bicyclic) bond motifs is 4. The van der Waals surface area contributed by atoms with Gasteiger partial charge in [-0.25, -0.2) is 23.5 Å². The summed E-state index contributed by atoms with van der Waals surface area (Å²) in [4.78, 5) is 53.9. The number of ketones is 2. The number of hydrogen-bond acceptors (Lipinski definition) is 6. The molecule has 9 heteroatoms. The summed E-state index contributed by atoms with van der Waals surface area (Å²) in [7, 11) is 0. The van der Waals surface area contributed by atoms with Gasteiger partial charge >= 0.3 is 11.4 Å². The van der Waals surface area contributed by atoms with E-state index >= 15 is 0 Å². The van der Waals surface area contributed by atoms with Crippen molar-refractivity contribution in [1.29, 1.82) is 0 Å². The lowest BCUT2D eigenvalue weighted by Gasteiger charge is -2.51. The van der Waals surface area contributed by atoms with Gasteiger partial charge in [0.2, 0.25) is 0 Å². The van der Waals surface area contributed by atoms with E-state index in [4.69, 9.17) is 4.42 Å². The number of carbonyl (C=O) groups excluding carboxylic acids is 2. The Labute approximate surface area is 205 Å². The lowest BCUT2D eigenvalue weighted by molar-refractivity contribution is -0.140. The van der Waals surface area contributed by atoms with Gasteiger partial charge in [-0.05, 0) is 54.8 Å². The zero-order valence-electron chi connectivity index (χ0n) is 19.9. The molecule has 3 aliphatic rings. The maximum absolute atomic E-state index is 13.7. The molecule has 1 aromatic carbocycles. The van der Waals surface area contributed by atoms with Crippen LogP contribution in [0.4, 0.5) is 0 Å². The highest BCUT2D eigenvalue weighted by atomic mass is 16.4. The molecule has 1 aliphatic heterocycles. The first-order chi connectivity index (χ1) is 17.3. The predicted molar refractivity (Wildman–Crippen MR) is 129 cm³/mol. The first-order valence-corrected chi connectivity index (χ1v) is 11.9. The molecule has 0 spiro atoms. The molecule has 0 bridgehead atoms. The number of aliphatic hydroxyl groups excluding tert-OH is 1. The molecular formula is C27H25N3O6. The van der Waals surface area contributed by atoms with E-state index in [0.29, 0.717) is 22.8 Å². The molecule has 3 heterocycles. The number of allylic oxidation sites excluding steroid dienone is 4. The molecular weight excluding hydrogens is 462 g/mol. The van der Waals surface area contributed by atoms with Crippen LogP contribution in [-0.4, -0.2) is 30.6 Å². The highest BCUT2D eigenvalue weighted by Crippen LogP contribution is 2.59. The largest absolute Gasteiger partial charge is 0.463 e. The second kappa shape index (κ2) is 7.76. The Morgan fingerprint density at radius 1 is 1.06 bits per heavy atom. The summed E-state index contributed by atoms with van der Waals surface area (Å²) in [6, 6.07) is 11.5. The van der Waals surface area contributed by atoms with Gasteiger partial charge in [0, 0.05) is 5.92 Å². The van der Waals surface area contributed by atoms with Crippen LogP contribution < -0.4 is 11.4 Å². The SMILES string of the molecule is CC1=CC(=O)[C@@H]2C[C@@H]3C(=CCn4c(=O)n(-c5ccccc5)c(=O)n43)[C@H](c3ccc(CO)o3)[C@]2(C)C1=O. The molecule has 3 aromatic rings. The minimum absolute atomic E-state index is 0.140. The molecule has 9 nitrogen and oxygen atoms in total. The number of aliphatic hydroxyl groups is 1. The van der Waals surface area contributed by atoms with Crippen LogP contribution in [0.1, 0.15) is 43.7 Å². The van der Waals surface area contributed by atoms with Crippen molar-refractivity contribution < 1.29 is 19.1 Å². The van der Waals surface area contributed by atoms with E-state index in [1.54, 1.807) is 56.3 Å². The van der Waals surface area contributed by atoms with Gasteiger partial charge in [0.15, 0.2) is 11.6 Å². The van der Waals surface area contributed by atoms with Gasteiger partial charge in [-0.1, -0.05) is 31.2 Å². The van der Waals surface area contributed by atoms with E-state index < -0.39 is 34.7 Å². The number of rotatable bonds is 3. The van der Waals surface area contributed by atoms with E-state index in [1.165, 1.54) is 15.4 Å². The second-order valence-corrected chi connectivity index (χ2v) is 9.91. The van der Waals surface area contributed by atoms with Gasteiger partial charge in [-0.3, -0.25) is 9.59 Å². The Balaban J connectivity index is 1.58. The molecule has 0 saturated heterocycles. The van der Waals surface area contributed by atoms with Crippen molar-refractivity contribution >= 4 is 11.6 Å². The molecule has 1 N–H and O–H groups in total. The number of para-hydroxylation sites is 1. The molecule has 4 atom stereocenters. The average Bonchev–Trinajstić information content (AvgIpc) is 3.44. The van der Waals surface area contributed by atoms with Crippen molar-refractivity contribution in [2.75, 3.05) is 0 Å². The fourth-order valence-electron chi connectivity index (χ4n) is 6.39. The molecule has 0 radical (unpaired) electrons. The smallest absolute Gasteiger partial charge is 0.352 e. The molecule has 0 amide bonds. The second-order valence-electron chi connectivity index (χ2n) is 9.91. The summed E-state index contributed by atoms with van der Waals surface area (Å²) in [5, 5.41) is 9.60. The summed E-state index contributed by atoms with van der Waals surface area (Å²) >= 11 is 0. The van der Waals surface area contributed by atoms with Crippen LogP contribution in [-0.2, 0) is 22.7 Å². The maximum atomic E-state index is 13.7. The van der Waals surface area contributed by atoms with Crippen molar-refractivity contribution in [3.05, 3.63) is 98.3 Å². The highest BCUT2D eigenvalue weighted by Gasteiger charge is 2.60. The van der Waals surface area contributed by atoms with Gasteiger partial charge in [-0.2, -0.15) is 0 Å². The number of aromatic nitrogens is 3. The number of Topliss-reactive ketones (excluding diaryl/α,β-unsaturated/α-hetero) is 1. The fourth-order valence-corrected chi connectivity index (χ4v) is 6.39. The third kappa shape index (κ3) is 2.86. The molecule has 2 aliphatic carbocycles. The van der Waals surface area contributed by atoms with E-state index in [2.05, 4.69) is 0 Å². The maximum Gasteiger partial charge on any atom is 0.352 e. The molecule has 36 heavy (non-hydrogen) atoms. The van der Waals surface area contributed by atoms with Gasteiger partial charge in [0.1, 0.15) is 18.1 Å². The number of carbonyl (C=O) groups is 2. The van der Waals surface area contributed by atoms with E-state index in [0.717, 1.165) is 10.1 Å². The van der Waals surface area contributed by atoms with Gasteiger partial charge in [0.25, 0.3) is 0 Å². The fraction of sp³-hybridized carbons (Fsp3) is 0.333. The molecule has 1 fully saturated rings. The average molecular weight is 488 g/mol. The number of furan rings is 1. The van der Waals surface area contributed by atoms with Crippen LogP contribution in [0.25, 0.3) is 5.69 Å². The van der Waals surface area contributed by atoms with Gasteiger partial charge in [0.05, 0.1) is 29.6 Å². The lowest BCUT2D eigenvalue weighted by Crippen LogP contribution is -2.54. The van der Waals surface area contributed by atoms with Crippen molar-refractivity contribution in [2.45, 2.75) is 45.4 Å². The first kappa shape index (κ1) is 22.5.